The fraction of sp³-hybridized carbons (Fsp3) is 0.471. The molecule has 1 fully saturated rings. The summed E-state index contributed by atoms with van der Waals surface area (Å²) in [4.78, 5) is 17.6. The van der Waals surface area contributed by atoms with E-state index in [1.807, 2.05) is 38.1 Å². The third kappa shape index (κ3) is 3.88. The molecule has 1 saturated heterocycles. The molecule has 0 amide bonds. The smallest absolute Gasteiger partial charge is 0.133 e. The summed E-state index contributed by atoms with van der Waals surface area (Å²) in [6.45, 7) is 4.03. The molecule has 3 rings (SSSR count). The Balaban J connectivity index is 1.68. The molecule has 3 heterocycles. The highest BCUT2D eigenvalue weighted by Gasteiger charge is 2.21. The Bertz CT molecular complexity index is 657. The molecule has 122 valence electrons. The molecule has 1 N–H and O–H groups in total. The number of hydrogen-bond donors (Lipinski definition) is 1. The lowest BCUT2D eigenvalue weighted by Crippen LogP contribution is -2.42. The summed E-state index contributed by atoms with van der Waals surface area (Å²) in [5, 5.41) is 3.54. The van der Waals surface area contributed by atoms with Crippen LogP contribution in [0, 0.1) is 6.92 Å². The lowest BCUT2D eigenvalue weighted by Gasteiger charge is -2.34. The minimum Gasteiger partial charge on any atom is -0.365 e. The van der Waals surface area contributed by atoms with Gasteiger partial charge in [-0.2, -0.15) is 0 Å². The fourth-order valence-corrected chi connectivity index (χ4v) is 2.89. The molecule has 6 heteroatoms. The average molecular weight is 312 g/mol. The van der Waals surface area contributed by atoms with Crippen molar-refractivity contribution in [3.05, 3.63) is 36.3 Å². The molecule has 1 unspecified atom stereocenters. The number of aromatic nitrogens is 3. The molecule has 1 aliphatic heterocycles. The van der Waals surface area contributed by atoms with E-state index in [4.69, 9.17) is 0 Å². The van der Waals surface area contributed by atoms with Gasteiger partial charge < -0.3 is 15.1 Å². The molecule has 0 aromatic carbocycles. The van der Waals surface area contributed by atoms with Gasteiger partial charge in [0.2, 0.25) is 0 Å². The van der Waals surface area contributed by atoms with Gasteiger partial charge in [-0.15, -0.1) is 0 Å². The van der Waals surface area contributed by atoms with E-state index in [9.17, 15) is 0 Å². The number of aryl methyl sites for hydroxylation is 1. The molecular formula is C17H24N6. The Morgan fingerprint density at radius 2 is 2.13 bits per heavy atom. The average Bonchev–Trinajstić information content (AvgIpc) is 2.55. The van der Waals surface area contributed by atoms with Crippen LogP contribution in [0.4, 0.5) is 17.5 Å². The minimum absolute atomic E-state index is 0.371. The molecule has 0 aliphatic carbocycles. The number of nitrogens with zero attached hydrogens (tertiary/aromatic N) is 5. The number of pyridine rings is 1. The summed E-state index contributed by atoms with van der Waals surface area (Å²) >= 11 is 0. The Hall–Kier alpha value is -2.37. The van der Waals surface area contributed by atoms with Crippen molar-refractivity contribution in [1.82, 2.24) is 15.0 Å². The summed E-state index contributed by atoms with van der Waals surface area (Å²) in [6, 6.07) is 8.56. The van der Waals surface area contributed by atoms with Crippen LogP contribution in [0.25, 0.3) is 0 Å². The van der Waals surface area contributed by atoms with Crippen molar-refractivity contribution >= 4 is 17.5 Å². The molecule has 6 nitrogen and oxygen atoms in total. The van der Waals surface area contributed by atoms with E-state index in [-0.39, 0.29) is 0 Å². The minimum atomic E-state index is 0.371. The highest BCUT2D eigenvalue weighted by Crippen LogP contribution is 2.21. The first kappa shape index (κ1) is 15.5. The normalized spacial score (nSPS) is 17.9. The molecule has 1 aliphatic rings. The number of hydrogen-bond acceptors (Lipinski definition) is 6. The van der Waals surface area contributed by atoms with Gasteiger partial charge in [-0.3, -0.25) is 0 Å². The highest BCUT2D eigenvalue weighted by atomic mass is 15.2. The molecule has 0 saturated carbocycles. The predicted molar refractivity (Wildman–Crippen MR) is 94.2 cm³/mol. The van der Waals surface area contributed by atoms with Crippen LogP contribution in [0.2, 0.25) is 0 Å². The van der Waals surface area contributed by atoms with Gasteiger partial charge in [0.25, 0.3) is 0 Å². The van der Waals surface area contributed by atoms with Gasteiger partial charge in [-0.25, -0.2) is 15.0 Å². The van der Waals surface area contributed by atoms with Crippen LogP contribution in [-0.4, -0.2) is 48.2 Å². The first-order valence-corrected chi connectivity index (χ1v) is 8.06. The van der Waals surface area contributed by atoms with Gasteiger partial charge in [0.1, 0.15) is 23.8 Å². The second-order valence-corrected chi connectivity index (χ2v) is 6.22. The van der Waals surface area contributed by atoms with Gasteiger partial charge in [-0.05, 0) is 31.9 Å². The fourth-order valence-electron chi connectivity index (χ4n) is 2.89. The van der Waals surface area contributed by atoms with E-state index >= 15 is 0 Å². The first-order valence-electron chi connectivity index (χ1n) is 8.06. The third-order valence-electron chi connectivity index (χ3n) is 4.08. The second-order valence-electron chi connectivity index (χ2n) is 6.22. The van der Waals surface area contributed by atoms with Gasteiger partial charge in [0.05, 0.1) is 0 Å². The van der Waals surface area contributed by atoms with Crippen molar-refractivity contribution in [1.29, 1.82) is 0 Å². The number of piperidine rings is 1. The van der Waals surface area contributed by atoms with E-state index in [0.29, 0.717) is 6.04 Å². The topological polar surface area (TPSA) is 57.2 Å². The van der Waals surface area contributed by atoms with Crippen LogP contribution in [0.3, 0.4) is 0 Å². The summed E-state index contributed by atoms with van der Waals surface area (Å²) in [7, 11) is 3.97. The SMILES string of the molecule is Cc1cccc(N2CCCC(Nc3cc(N(C)C)ncn3)C2)n1. The second kappa shape index (κ2) is 6.81. The zero-order chi connectivity index (χ0) is 16.2. The lowest BCUT2D eigenvalue weighted by molar-refractivity contribution is 0.525. The molecule has 0 bridgehead atoms. The Morgan fingerprint density at radius 3 is 2.91 bits per heavy atom. The van der Waals surface area contributed by atoms with Crippen molar-refractivity contribution < 1.29 is 0 Å². The number of nitrogens with one attached hydrogen (secondary N) is 1. The van der Waals surface area contributed by atoms with Crippen molar-refractivity contribution in [2.75, 3.05) is 42.3 Å². The largest absolute Gasteiger partial charge is 0.365 e. The lowest BCUT2D eigenvalue weighted by atomic mass is 10.1. The molecule has 0 spiro atoms. The van der Waals surface area contributed by atoms with Crippen molar-refractivity contribution in [3.8, 4) is 0 Å². The predicted octanol–water partition coefficient (Wildman–Crippen LogP) is 2.33. The summed E-state index contributed by atoms with van der Waals surface area (Å²) in [6.07, 6.45) is 3.91. The molecule has 23 heavy (non-hydrogen) atoms. The van der Waals surface area contributed by atoms with Gasteiger partial charge >= 0.3 is 0 Å². The molecule has 1 atom stereocenters. The Kier molecular flexibility index (Phi) is 4.60. The zero-order valence-electron chi connectivity index (χ0n) is 14.0. The van der Waals surface area contributed by atoms with Crippen LogP contribution in [0.1, 0.15) is 18.5 Å². The maximum Gasteiger partial charge on any atom is 0.133 e. The van der Waals surface area contributed by atoms with Crippen molar-refractivity contribution in [2.45, 2.75) is 25.8 Å². The summed E-state index contributed by atoms with van der Waals surface area (Å²) in [5.74, 6) is 2.86. The van der Waals surface area contributed by atoms with Crippen LogP contribution >= 0.6 is 0 Å². The summed E-state index contributed by atoms with van der Waals surface area (Å²) in [5.41, 5.74) is 1.06. The Labute approximate surface area is 137 Å². The van der Waals surface area contributed by atoms with E-state index < -0.39 is 0 Å². The molecule has 2 aromatic heterocycles. The van der Waals surface area contributed by atoms with Crippen molar-refractivity contribution in [3.63, 3.8) is 0 Å². The maximum absolute atomic E-state index is 4.64. The quantitative estimate of drug-likeness (QED) is 0.935. The van der Waals surface area contributed by atoms with Crippen LogP contribution < -0.4 is 15.1 Å². The van der Waals surface area contributed by atoms with Gasteiger partial charge in [-0.1, -0.05) is 6.07 Å². The highest BCUT2D eigenvalue weighted by molar-refractivity contribution is 5.48. The van der Waals surface area contributed by atoms with Gasteiger partial charge in [0.15, 0.2) is 0 Å². The molecule has 0 radical (unpaired) electrons. The van der Waals surface area contributed by atoms with E-state index in [0.717, 1.165) is 49.1 Å². The number of rotatable bonds is 4. The first-order chi connectivity index (χ1) is 11.1. The van der Waals surface area contributed by atoms with E-state index in [1.54, 1.807) is 6.33 Å². The maximum atomic E-state index is 4.64. The summed E-state index contributed by atoms with van der Waals surface area (Å²) < 4.78 is 0. The van der Waals surface area contributed by atoms with E-state index in [1.165, 1.54) is 0 Å². The monoisotopic (exact) mass is 312 g/mol. The molecule has 2 aromatic rings. The van der Waals surface area contributed by atoms with Gasteiger partial charge in [0, 0.05) is 45.0 Å². The van der Waals surface area contributed by atoms with Crippen LogP contribution in [0.15, 0.2) is 30.6 Å². The zero-order valence-corrected chi connectivity index (χ0v) is 14.0. The number of anilines is 3. The third-order valence-corrected chi connectivity index (χ3v) is 4.08. The van der Waals surface area contributed by atoms with Crippen LogP contribution in [0.5, 0.6) is 0 Å². The van der Waals surface area contributed by atoms with Crippen molar-refractivity contribution in [2.24, 2.45) is 0 Å². The molecular weight excluding hydrogens is 288 g/mol. The standard InChI is InChI=1S/C17H24N6/c1-13-6-4-8-16(20-13)23-9-5-7-14(11-23)21-15-10-17(22(2)3)19-12-18-15/h4,6,8,10,12,14H,5,7,9,11H2,1-3H3,(H,18,19,21). The van der Waals surface area contributed by atoms with Crippen LogP contribution in [-0.2, 0) is 0 Å². The van der Waals surface area contributed by atoms with E-state index in [2.05, 4.69) is 37.3 Å². The Morgan fingerprint density at radius 1 is 1.26 bits per heavy atom.